The lowest BCUT2D eigenvalue weighted by atomic mass is 10.0. The van der Waals surface area contributed by atoms with Crippen molar-refractivity contribution in [1.29, 1.82) is 0 Å². The monoisotopic (exact) mass is 364 g/mol. The van der Waals surface area contributed by atoms with E-state index in [1.165, 1.54) is 6.92 Å². The van der Waals surface area contributed by atoms with Gasteiger partial charge in [0.25, 0.3) is 0 Å². The Morgan fingerprint density at radius 2 is 2.00 bits per heavy atom. The minimum atomic E-state index is -4.73. The number of benzene rings is 1. The second-order valence-corrected chi connectivity index (χ2v) is 5.61. The van der Waals surface area contributed by atoms with Crippen molar-refractivity contribution >= 4 is 15.9 Å². The lowest BCUT2D eigenvalue weighted by Crippen LogP contribution is -2.33. The van der Waals surface area contributed by atoms with E-state index in [0.717, 1.165) is 10.0 Å². The first-order chi connectivity index (χ1) is 9.70. The molecule has 21 heavy (non-hydrogen) atoms. The number of hydrogen-bond acceptors (Lipinski definition) is 4. The first-order valence-corrected chi connectivity index (χ1v) is 6.84. The predicted molar refractivity (Wildman–Crippen MR) is 72.6 cm³/mol. The van der Waals surface area contributed by atoms with Crippen LogP contribution < -0.4 is 0 Å². The average Bonchev–Trinajstić information content (AvgIpc) is 2.85. The zero-order valence-electron chi connectivity index (χ0n) is 11.1. The standard InChI is InChI=1S/C13H12BrF3N2O2/c1-6-5-8(14)3-4-9(6)11-18-12(21-19-11)7(2)10(20)13(15,16)17/h3-5,7,10,20H,1-2H3. The number of nitrogens with zero attached hydrogens (tertiary/aromatic N) is 2. The number of aryl methyl sites for hydroxylation is 1. The Kier molecular flexibility index (Phi) is 4.38. The molecular weight excluding hydrogens is 353 g/mol. The lowest BCUT2D eigenvalue weighted by Gasteiger charge is -2.17. The van der Waals surface area contributed by atoms with Crippen molar-refractivity contribution in [3.63, 3.8) is 0 Å². The highest BCUT2D eigenvalue weighted by Crippen LogP contribution is 2.32. The number of aromatic nitrogens is 2. The Balaban J connectivity index is 2.30. The van der Waals surface area contributed by atoms with Crippen LogP contribution in [0.5, 0.6) is 0 Å². The van der Waals surface area contributed by atoms with Crippen LogP contribution in [-0.2, 0) is 0 Å². The van der Waals surface area contributed by atoms with Gasteiger partial charge < -0.3 is 9.63 Å². The van der Waals surface area contributed by atoms with Gasteiger partial charge in [-0.05, 0) is 30.7 Å². The van der Waals surface area contributed by atoms with Gasteiger partial charge in [-0.2, -0.15) is 18.2 Å². The minimum absolute atomic E-state index is 0.191. The molecule has 1 heterocycles. The van der Waals surface area contributed by atoms with Crippen LogP contribution in [0, 0.1) is 6.92 Å². The molecule has 8 heteroatoms. The molecule has 0 aliphatic heterocycles. The topological polar surface area (TPSA) is 59.2 Å². The molecule has 1 N–H and O–H groups in total. The Labute approximate surface area is 127 Å². The maximum atomic E-state index is 12.5. The highest BCUT2D eigenvalue weighted by atomic mass is 79.9. The number of aliphatic hydroxyl groups is 1. The second kappa shape index (κ2) is 5.76. The molecule has 2 aromatic rings. The summed E-state index contributed by atoms with van der Waals surface area (Å²) in [6, 6.07) is 5.34. The van der Waals surface area contributed by atoms with Crippen molar-refractivity contribution in [1.82, 2.24) is 10.1 Å². The summed E-state index contributed by atoms with van der Waals surface area (Å²) in [5, 5.41) is 12.9. The Hall–Kier alpha value is -1.41. The Bertz CT molecular complexity index is 643. The molecule has 2 rings (SSSR count). The van der Waals surface area contributed by atoms with Crippen LogP contribution in [0.4, 0.5) is 13.2 Å². The van der Waals surface area contributed by atoms with Crippen LogP contribution in [0.25, 0.3) is 11.4 Å². The summed E-state index contributed by atoms with van der Waals surface area (Å²) in [4.78, 5) is 3.95. The van der Waals surface area contributed by atoms with Gasteiger partial charge in [0.05, 0.1) is 5.92 Å². The zero-order valence-corrected chi connectivity index (χ0v) is 12.7. The van der Waals surface area contributed by atoms with Gasteiger partial charge in [-0.3, -0.25) is 0 Å². The Morgan fingerprint density at radius 3 is 2.57 bits per heavy atom. The maximum absolute atomic E-state index is 12.5. The summed E-state index contributed by atoms with van der Waals surface area (Å²) in [5.74, 6) is -1.39. The van der Waals surface area contributed by atoms with Crippen LogP contribution in [-0.4, -0.2) is 27.5 Å². The molecule has 2 atom stereocenters. The quantitative estimate of drug-likeness (QED) is 0.898. The van der Waals surface area contributed by atoms with Crippen LogP contribution in [0.2, 0.25) is 0 Å². The summed E-state index contributed by atoms with van der Waals surface area (Å²) in [6.45, 7) is 3.01. The Morgan fingerprint density at radius 1 is 1.33 bits per heavy atom. The molecule has 0 aliphatic carbocycles. The van der Waals surface area contributed by atoms with Crippen molar-refractivity contribution < 1.29 is 22.8 Å². The number of hydrogen-bond donors (Lipinski definition) is 1. The fraction of sp³-hybridized carbons (Fsp3) is 0.385. The molecule has 0 spiro atoms. The van der Waals surface area contributed by atoms with E-state index in [-0.39, 0.29) is 11.7 Å². The van der Waals surface area contributed by atoms with E-state index in [1.54, 1.807) is 12.1 Å². The van der Waals surface area contributed by atoms with Crippen molar-refractivity contribution in [2.75, 3.05) is 0 Å². The third-order valence-corrected chi connectivity index (χ3v) is 3.56. The van der Waals surface area contributed by atoms with Crippen LogP contribution in [0.3, 0.4) is 0 Å². The molecule has 1 aromatic heterocycles. The van der Waals surface area contributed by atoms with Gasteiger partial charge >= 0.3 is 6.18 Å². The molecule has 2 unspecified atom stereocenters. The molecule has 0 bridgehead atoms. The van der Waals surface area contributed by atoms with Gasteiger partial charge in [0, 0.05) is 10.0 Å². The maximum Gasteiger partial charge on any atom is 0.415 e. The molecule has 1 aromatic carbocycles. The van der Waals surface area contributed by atoms with E-state index in [9.17, 15) is 18.3 Å². The smallest absolute Gasteiger partial charge is 0.383 e. The molecule has 0 aliphatic rings. The van der Waals surface area contributed by atoms with Gasteiger partial charge in [0.1, 0.15) is 0 Å². The molecule has 0 amide bonds. The third kappa shape index (κ3) is 3.44. The summed E-state index contributed by atoms with van der Waals surface area (Å²) in [6.07, 6.45) is -7.28. The normalized spacial score (nSPS) is 15.0. The average molecular weight is 365 g/mol. The summed E-state index contributed by atoms with van der Waals surface area (Å²) < 4.78 is 43.2. The molecule has 0 saturated heterocycles. The van der Waals surface area contributed by atoms with Crippen molar-refractivity contribution in [3.8, 4) is 11.4 Å². The fourth-order valence-corrected chi connectivity index (χ4v) is 2.30. The minimum Gasteiger partial charge on any atom is -0.383 e. The number of aliphatic hydroxyl groups excluding tert-OH is 1. The summed E-state index contributed by atoms with van der Waals surface area (Å²) in [7, 11) is 0. The van der Waals surface area contributed by atoms with Crippen LogP contribution in [0.1, 0.15) is 24.3 Å². The van der Waals surface area contributed by atoms with E-state index in [2.05, 4.69) is 26.1 Å². The second-order valence-electron chi connectivity index (χ2n) is 4.69. The highest BCUT2D eigenvalue weighted by molar-refractivity contribution is 9.10. The molecule has 0 radical (unpaired) electrons. The van der Waals surface area contributed by atoms with E-state index in [4.69, 9.17) is 4.52 Å². The largest absolute Gasteiger partial charge is 0.415 e. The number of halogens is 4. The predicted octanol–water partition coefficient (Wildman–Crippen LogP) is 3.83. The SMILES string of the molecule is Cc1cc(Br)ccc1-c1noc(C(C)C(O)C(F)(F)F)n1. The lowest BCUT2D eigenvalue weighted by molar-refractivity contribution is -0.210. The van der Waals surface area contributed by atoms with Crippen molar-refractivity contribution in [2.24, 2.45) is 0 Å². The molecule has 0 saturated carbocycles. The van der Waals surface area contributed by atoms with Gasteiger partial charge in [-0.1, -0.05) is 28.0 Å². The van der Waals surface area contributed by atoms with Crippen LogP contribution in [0.15, 0.2) is 27.2 Å². The van der Waals surface area contributed by atoms with E-state index < -0.39 is 18.2 Å². The summed E-state index contributed by atoms with van der Waals surface area (Å²) >= 11 is 3.32. The van der Waals surface area contributed by atoms with Crippen LogP contribution >= 0.6 is 15.9 Å². The van der Waals surface area contributed by atoms with Crippen molar-refractivity contribution in [2.45, 2.75) is 32.0 Å². The third-order valence-electron chi connectivity index (χ3n) is 3.07. The van der Waals surface area contributed by atoms with E-state index >= 15 is 0 Å². The number of alkyl halides is 3. The van der Waals surface area contributed by atoms with Gasteiger partial charge in [-0.25, -0.2) is 0 Å². The zero-order chi connectivity index (χ0) is 15.8. The molecular formula is C13H12BrF3N2O2. The summed E-state index contributed by atoms with van der Waals surface area (Å²) in [5.41, 5.74) is 1.50. The molecule has 0 fully saturated rings. The van der Waals surface area contributed by atoms with Gasteiger partial charge in [0.2, 0.25) is 11.7 Å². The molecule has 114 valence electrons. The van der Waals surface area contributed by atoms with E-state index in [0.29, 0.717) is 5.56 Å². The van der Waals surface area contributed by atoms with Crippen molar-refractivity contribution in [3.05, 3.63) is 34.1 Å². The molecule has 4 nitrogen and oxygen atoms in total. The first kappa shape index (κ1) is 16.0. The van der Waals surface area contributed by atoms with Gasteiger partial charge in [-0.15, -0.1) is 0 Å². The fourth-order valence-electron chi connectivity index (χ4n) is 1.83. The number of rotatable bonds is 3. The first-order valence-electron chi connectivity index (χ1n) is 6.05. The highest BCUT2D eigenvalue weighted by Gasteiger charge is 2.44. The van der Waals surface area contributed by atoms with Gasteiger partial charge in [0.15, 0.2) is 6.10 Å². The van der Waals surface area contributed by atoms with E-state index in [1.807, 2.05) is 13.0 Å².